The van der Waals surface area contributed by atoms with Crippen LogP contribution in [-0.2, 0) is 5.41 Å². The maximum Gasteiger partial charge on any atom is 0.373 e. The zero-order valence-electron chi connectivity index (χ0n) is 12.0. The number of hydrogen-bond donors (Lipinski definition) is 1. The first kappa shape index (κ1) is 13.4. The minimum atomic E-state index is -1.12. The molecule has 0 aliphatic carbocycles. The van der Waals surface area contributed by atoms with Gasteiger partial charge in [-0.05, 0) is 12.1 Å². The van der Waals surface area contributed by atoms with Gasteiger partial charge < -0.3 is 9.52 Å². The first-order valence-corrected chi connectivity index (χ1v) is 6.55. The summed E-state index contributed by atoms with van der Waals surface area (Å²) in [5.41, 5.74) is 1.50. The van der Waals surface area contributed by atoms with Gasteiger partial charge in [0.2, 0.25) is 11.7 Å². The number of rotatable bonds is 2. The largest absolute Gasteiger partial charge is 0.475 e. The summed E-state index contributed by atoms with van der Waals surface area (Å²) in [6.07, 6.45) is 3.43. The molecule has 0 unspecified atom stereocenters. The van der Waals surface area contributed by atoms with E-state index < -0.39 is 11.4 Å². The van der Waals surface area contributed by atoms with Crippen LogP contribution in [0.2, 0.25) is 0 Å². The molecule has 0 amide bonds. The van der Waals surface area contributed by atoms with Crippen molar-refractivity contribution in [3.8, 4) is 11.5 Å². The summed E-state index contributed by atoms with van der Waals surface area (Å²) in [7, 11) is 0. The van der Waals surface area contributed by atoms with Gasteiger partial charge in [0.15, 0.2) is 0 Å². The fourth-order valence-electron chi connectivity index (χ4n) is 2.19. The summed E-state index contributed by atoms with van der Waals surface area (Å²) in [4.78, 5) is 15.8. The summed E-state index contributed by atoms with van der Waals surface area (Å²) in [6.45, 7) is 5.70. The first-order chi connectivity index (χ1) is 9.88. The van der Waals surface area contributed by atoms with Crippen LogP contribution < -0.4 is 0 Å². The Balaban J connectivity index is 2.22. The molecule has 6 heteroatoms. The molecule has 0 aromatic carbocycles. The van der Waals surface area contributed by atoms with E-state index in [0.717, 1.165) is 5.52 Å². The maximum atomic E-state index is 11.4. The Hall–Kier alpha value is -2.63. The van der Waals surface area contributed by atoms with E-state index in [1.807, 2.05) is 45.2 Å². The van der Waals surface area contributed by atoms with Crippen molar-refractivity contribution in [2.75, 3.05) is 0 Å². The van der Waals surface area contributed by atoms with E-state index in [4.69, 9.17) is 4.42 Å². The number of aromatic nitrogens is 3. The quantitative estimate of drug-likeness (QED) is 0.782. The lowest BCUT2D eigenvalue weighted by atomic mass is 9.91. The Morgan fingerprint density at radius 3 is 2.71 bits per heavy atom. The van der Waals surface area contributed by atoms with E-state index in [1.165, 1.54) is 0 Å². The number of carbonyl (C=O) groups is 1. The number of hydrogen-bond acceptors (Lipinski definition) is 4. The van der Waals surface area contributed by atoms with Crippen molar-refractivity contribution in [2.45, 2.75) is 26.2 Å². The van der Waals surface area contributed by atoms with Gasteiger partial charge in [-0.1, -0.05) is 26.8 Å². The Morgan fingerprint density at radius 2 is 2.10 bits per heavy atom. The third kappa shape index (κ3) is 2.18. The number of pyridine rings is 1. The van der Waals surface area contributed by atoms with Crippen molar-refractivity contribution >= 4 is 11.5 Å². The van der Waals surface area contributed by atoms with E-state index >= 15 is 0 Å². The third-order valence-electron chi connectivity index (χ3n) is 3.19. The molecule has 0 saturated heterocycles. The second-order valence-electron chi connectivity index (χ2n) is 5.84. The average molecular weight is 285 g/mol. The normalized spacial score (nSPS) is 12.0. The maximum absolute atomic E-state index is 11.4. The van der Waals surface area contributed by atoms with Crippen molar-refractivity contribution in [3.63, 3.8) is 0 Å². The smallest absolute Gasteiger partial charge is 0.373 e. The lowest BCUT2D eigenvalue weighted by Crippen LogP contribution is -2.16. The molecule has 0 radical (unpaired) electrons. The molecule has 3 heterocycles. The van der Waals surface area contributed by atoms with E-state index in [0.29, 0.717) is 11.3 Å². The number of carboxylic acid groups (broad SMARTS) is 1. The van der Waals surface area contributed by atoms with Crippen molar-refractivity contribution < 1.29 is 14.3 Å². The highest BCUT2D eigenvalue weighted by atomic mass is 16.4. The number of aromatic carboxylic acids is 1. The van der Waals surface area contributed by atoms with Gasteiger partial charge in [-0.2, -0.15) is 5.10 Å². The van der Waals surface area contributed by atoms with Crippen LogP contribution in [0.15, 0.2) is 35.0 Å². The molecule has 0 saturated carbocycles. The van der Waals surface area contributed by atoms with Crippen molar-refractivity contribution in [3.05, 3.63) is 42.0 Å². The van der Waals surface area contributed by atoms with Crippen molar-refractivity contribution in [1.29, 1.82) is 0 Å². The molecule has 3 aromatic rings. The van der Waals surface area contributed by atoms with Crippen LogP contribution in [0.4, 0.5) is 0 Å². The van der Waals surface area contributed by atoms with Gasteiger partial charge in [0.05, 0.1) is 17.3 Å². The molecule has 0 atom stereocenters. The zero-order chi connectivity index (χ0) is 15.2. The molecular weight excluding hydrogens is 270 g/mol. The fourth-order valence-corrected chi connectivity index (χ4v) is 2.19. The van der Waals surface area contributed by atoms with Crippen LogP contribution in [-0.4, -0.2) is 25.7 Å². The Morgan fingerprint density at radius 1 is 1.33 bits per heavy atom. The molecule has 0 aliphatic rings. The predicted octanol–water partition coefficient (Wildman–Crippen LogP) is 2.99. The Kier molecular flexibility index (Phi) is 2.83. The standard InChI is InChI=1S/C15H15N3O3/c1-15(2,3)12-11(14(19)20)21-13(17-12)9-8-16-18-7-5-4-6-10(9)18/h4-8H,1-3H3,(H,19,20). The van der Waals surface area contributed by atoms with E-state index in [9.17, 15) is 9.90 Å². The summed E-state index contributed by atoms with van der Waals surface area (Å²) < 4.78 is 7.18. The van der Waals surface area contributed by atoms with Crippen molar-refractivity contribution in [2.24, 2.45) is 0 Å². The number of oxazole rings is 1. The highest BCUT2D eigenvalue weighted by Gasteiger charge is 2.29. The van der Waals surface area contributed by atoms with E-state index in [-0.39, 0.29) is 11.7 Å². The fraction of sp³-hybridized carbons (Fsp3) is 0.267. The zero-order valence-corrected chi connectivity index (χ0v) is 12.0. The number of fused-ring (bicyclic) bond motifs is 1. The van der Waals surface area contributed by atoms with Gasteiger partial charge >= 0.3 is 5.97 Å². The second kappa shape index (κ2) is 4.44. The summed E-state index contributed by atoms with van der Waals surface area (Å²) in [6, 6.07) is 5.62. The number of carboxylic acids is 1. The lowest BCUT2D eigenvalue weighted by molar-refractivity contribution is 0.0659. The monoisotopic (exact) mass is 285 g/mol. The van der Waals surface area contributed by atoms with Crippen LogP contribution in [0.25, 0.3) is 17.0 Å². The van der Waals surface area contributed by atoms with Gasteiger partial charge in [0.25, 0.3) is 0 Å². The molecule has 0 spiro atoms. The SMILES string of the molecule is CC(C)(C)c1nc(-c2cnn3ccccc23)oc1C(=O)O. The molecule has 108 valence electrons. The lowest BCUT2D eigenvalue weighted by Gasteiger charge is -2.14. The average Bonchev–Trinajstić information content (AvgIpc) is 3.01. The van der Waals surface area contributed by atoms with Crippen LogP contribution in [0, 0.1) is 0 Å². The molecular formula is C15H15N3O3. The third-order valence-corrected chi connectivity index (χ3v) is 3.19. The van der Waals surface area contributed by atoms with Gasteiger partial charge in [-0.25, -0.2) is 14.3 Å². The molecule has 6 nitrogen and oxygen atoms in total. The highest BCUT2D eigenvalue weighted by Crippen LogP contribution is 2.31. The van der Waals surface area contributed by atoms with Crippen LogP contribution in [0.1, 0.15) is 37.0 Å². The van der Waals surface area contributed by atoms with Crippen LogP contribution in [0.3, 0.4) is 0 Å². The molecule has 21 heavy (non-hydrogen) atoms. The minimum Gasteiger partial charge on any atom is -0.475 e. The van der Waals surface area contributed by atoms with Gasteiger partial charge in [0.1, 0.15) is 5.69 Å². The molecule has 0 bridgehead atoms. The minimum absolute atomic E-state index is 0.118. The van der Waals surface area contributed by atoms with Crippen LogP contribution in [0.5, 0.6) is 0 Å². The van der Waals surface area contributed by atoms with Crippen LogP contribution >= 0.6 is 0 Å². The van der Waals surface area contributed by atoms with Crippen molar-refractivity contribution in [1.82, 2.24) is 14.6 Å². The molecule has 0 fully saturated rings. The molecule has 3 rings (SSSR count). The molecule has 0 aliphatic heterocycles. The van der Waals surface area contributed by atoms with Gasteiger partial charge in [0, 0.05) is 11.6 Å². The van der Waals surface area contributed by atoms with Gasteiger partial charge in [-0.15, -0.1) is 0 Å². The number of nitrogens with zero attached hydrogens (tertiary/aromatic N) is 3. The Labute approximate surface area is 121 Å². The summed E-state index contributed by atoms with van der Waals surface area (Å²) in [5, 5.41) is 13.5. The highest BCUT2D eigenvalue weighted by molar-refractivity contribution is 5.87. The summed E-state index contributed by atoms with van der Waals surface area (Å²) >= 11 is 0. The van der Waals surface area contributed by atoms with E-state index in [1.54, 1.807) is 10.7 Å². The van der Waals surface area contributed by atoms with E-state index in [2.05, 4.69) is 10.1 Å². The second-order valence-corrected chi connectivity index (χ2v) is 5.84. The predicted molar refractivity (Wildman–Crippen MR) is 76.3 cm³/mol. The molecule has 3 aromatic heterocycles. The first-order valence-electron chi connectivity index (χ1n) is 6.55. The Bertz CT molecular complexity index is 824. The summed E-state index contributed by atoms with van der Waals surface area (Å²) in [5.74, 6) is -0.957. The van der Waals surface area contributed by atoms with Gasteiger partial charge in [-0.3, -0.25) is 0 Å². The topological polar surface area (TPSA) is 80.6 Å². The molecule has 1 N–H and O–H groups in total.